The molecule has 0 aliphatic heterocycles. The lowest BCUT2D eigenvalue weighted by Crippen LogP contribution is -2.24. The van der Waals surface area contributed by atoms with Gasteiger partial charge in [0.25, 0.3) is 0 Å². The molecule has 2 amide bonds. The van der Waals surface area contributed by atoms with Crippen molar-refractivity contribution in [1.82, 2.24) is 20.8 Å². The summed E-state index contributed by atoms with van der Waals surface area (Å²) in [5.41, 5.74) is 7.73. The Labute approximate surface area is 151 Å². The van der Waals surface area contributed by atoms with Gasteiger partial charge in [-0.25, -0.2) is 10.9 Å². The molecule has 0 atom stereocenters. The SMILES string of the molecule is CC(=NNC(=O)CCC(=O)NN=C(C)c1cccnc1)c1cccnc1. The van der Waals surface area contributed by atoms with E-state index in [0.717, 1.165) is 11.1 Å². The van der Waals surface area contributed by atoms with Crippen LogP contribution >= 0.6 is 0 Å². The van der Waals surface area contributed by atoms with Gasteiger partial charge in [-0.2, -0.15) is 10.2 Å². The first-order valence-corrected chi connectivity index (χ1v) is 8.03. The van der Waals surface area contributed by atoms with E-state index in [-0.39, 0.29) is 24.7 Å². The number of aromatic nitrogens is 2. The van der Waals surface area contributed by atoms with Crippen molar-refractivity contribution in [1.29, 1.82) is 0 Å². The van der Waals surface area contributed by atoms with Gasteiger partial charge in [-0.15, -0.1) is 0 Å². The van der Waals surface area contributed by atoms with E-state index in [1.165, 1.54) is 0 Å². The number of nitrogens with one attached hydrogen (secondary N) is 2. The van der Waals surface area contributed by atoms with Gasteiger partial charge in [-0.1, -0.05) is 12.1 Å². The Morgan fingerprint density at radius 2 is 1.27 bits per heavy atom. The molecule has 2 heterocycles. The third-order valence-electron chi connectivity index (χ3n) is 3.43. The lowest BCUT2D eigenvalue weighted by molar-refractivity contribution is -0.126. The molecule has 0 spiro atoms. The maximum Gasteiger partial charge on any atom is 0.240 e. The van der Waals surface area contributed by atoms with Gasteiger partial charge in [0.05, 0.1) is 11.4 Å². The van der Waals surface area contributed by atoms with Crippen LogP contribution in [-0.2, 0) is 9.59 Å². The summed E-state index contributed by atoms with van der Waals surface area (Å²) in [4.78, 5) is 31.5. The molecule has 26 heavy (non-hydrogen) atoms. The minimum Gasteiger partial charge on any atom is -0.273 e. The first-order chi connectivity index (χ1) is 12.6. The lowest BCUT2D eigenvalue weighted by Gasteiger charge is -2.03. The van der Waals surface area contributed by atoms with Gasteiger partial charge in [-0.3, -0.25) is 19.6 Å². The van der Waals surface area contributed by atoms with Crippen LogP contribution < -0.4 is 10.9 Å². The topological polar surface area (TPSA) is 109 Å². The average molecular weight is 352 g/mol. The lowest BCUT2D eigenvalue weighted by atomic mass is 10.2. The fraction of sp³-hybridized carbons (Fsp3) is 0.222. The van der Waals surface area contributed by atoms with E-state index >= 15 is 0 Å². The van der Waals surface area contributed by atoms with Gasteiger partial charge in [0.1, 0.15) is 0 Å². The van der Waals surface area contributed by atoms with Gasteiger partial charge in [0.15, 0.2) is 0 Å². The number of carbonyl (C=O) groups is 2. The van der Waals surface area contributed by atoms with E-state index < -0.39 is 0 Å². The van der Waals surface area contributed by atoms with E-state index in [0.29, 0.717) is 11.4 Å². The Kier molecular flexibility index (Phi) is 7.11. The van der Waals surface area contributed by atoms with E-state index in [4.69, 9.17) is 0 Å². The second-order valence-electron chi connectivity index (χ2n) is 5.45. The van der Waals surface area contributed by atoms with Crippen LogP contribution in [0.1, 0.15) is 37.8 Å². The largest absolute Gasteiger partial charge is 0.273 e. The number of hydrogen-bond acceptors (Lipinski definition) is 6. The van der Waals surface area contributed by atoms with Crippen molar-refractivity contribution < 1.29 is 9.59 Å². The van der Waals surface area contributed by atoms with Crippen LogP contribution in [0.5, 0.6) is 0 Å². The number of hydrazone groups is 2. The highest BCUT2D eigenvalue weighted by Crippen LogP contribution is 1.99. The minimum atomic E-state index is -0.351. The molecule has 0 saturated heterocycles. The van der Waals surface area contributed by atoms with Crippen LogP contribution in [0.4, 0.5) is 0 Å². The summed E-state index contributed by atoms with van der Waals surface area (Å²) in [6, 6.07) is 7.26. The first kappa shape index (κ1) is 18.9. The molecular weight excluding hydrogens is 332 g/mol. The Balaban J connectivity index is 1.76. The van der Waals surface area contributed by atoms with Gasteiger partial charge < -0.3 is 0 Å². The molecule has 8 nitrogen and oxygen atoms in total. The molecule has 0 aliphatic carbocycles. The van der Waals surface area contributed by atoms with Crippen molar-refractivity contribution in [2.75, 3.05) is 0 Å². The maximum atomic E-state index is 11.8. The number of carbonyl (C=O) groups excluding carboxylic acids is 2. The summed E-state index contributed by atoms with van der Waals surface area (Å²) >= 11 is 0. The maximum absolute atomic E-state index is 11.8. The summed E-state index contributed by atoms with van der Waals surface area (Å²) in [6.45, 7) is 3.53. The van der Waals surface area contributed by atoms with E-state index in [1.54, 1.807) is 50.8 Å². The molecule has 2 N–H and O–H groups in total. The number of pyridine rings is 2. The minimum absolute atomic E-state index is 0.0110. The molecule has 0 unspecified atom stereocenters. The third-order valence-corrected chi connectivity index (χ3v) is 3.43. The zero-order chi connectivity index (χ0) is 18.8. The zero-order valence-corrected chi connectivity index (χ0v) is 14.6. The Morgan fingerprint density at radius 1 is 0.846 bits per heavy atom. The van der Waals surface area contributed by atoms with Crippen molar-refractivity contribution in [3.63, 3.8) is 0 Å². The van der Waals surface area contributed by atoms with E-state index in [1.807, 2.05) is 12.1 Å². The van der Waals surface area contributed by atoms with E-state index in [2.05, 4.69) is 31.0 Å². The highest BCUT2D eigenvalue weighted by atomic mass is 16.2. The normalized spacial score (nSPS) is 11.8. The molecule has 2 aromatic heterocycles. The monoisotopic (exact) mass is 352 g/mol. The van der Waals surface area contributed by atoms with Crippen molar-refractivity contribution in [3.8, 4) is 0 Å². The molecule has 2 rings (SSSR count). The van der Waals surface area contributed by atoms with Gasteiger partial charge in [-0.05, 0) is 26.0 Å². The zero-order valence-electron chi connectivity index (χ0n) is 14.6. The molecule has 0 radical (unpaired) electrons. The van der Waals surface area contributed by atoms with Crippen LogP contribution in [-0.4, -0.2) is 33.2 Å². The molecule has 8 heteroatoms. The fourth-order valence-electron chi connectivity index (χ4n) is 1.91. The quantitative estimate of drug-likeness (QED) is 0.583. The Bertz CT molecular complexity index is 733. The number of nitrogens with zero attached hydrogens (tertiary/aromatic N) is 4. The predicted molar refractivity (Wildman–Crippen MR) is 98.4 cm³/mol. The summed E-state index contributed by atoms with van der Waals surface area (Å²) < 4.78 is 0. The molecule has 0 aliphatic rings. The third kappa shape index (κ3) is 6.23. The van der Waals surface area contributed by atoms with Crippen molar-refractivity contribution in [3.05, 3.63) is 60.2 Å². The van der Waals surface area contributed by atoms with Crippen molar-refractivity contribution in [2.24, 2.45) is 10.2 Å². The molecule has 0 aromatic carbocycles. The number of rotatable bonds is 7. The molecule has 0 bridgehead atoms. The molecule has 134 valence electrons. The van der Waals surface area contributed by atoms with Gasteiger partial charge in [0.2, 0.25) is 11.8 Å². The molecule has 0 saturated carbocycles. The second-order valence-corrected chi connectivity index (χ2v) is 5.45. The number of hydrogen-bond donors (Lipinski definition) is 2. The summed E-state index contributed by atoms with van der Waals surface area (Å²) in [7, 11) is 0. The number of amides is 2. The fourth-order valence-corrected chi connectivity index (χ4v) is 1.91. The average Bonchev–Trinajstić information content (AvgIpc) is 2.69. The summed E-state index contributed by atoms with van der Waals surface area (Å²) in [5, 5.41) is 7.99. The molecule has 2 aromatic rings. The van der Waals surface area contributed by atoms with Crippen LogP contribution in [0, 0.1) is 0 Å². The molecule has 0 fully saturated rings. The van der Waals surface area contributed by atoms with Crippen LogP contribution in [0.15, 0.2) is 59.3 Å². The smallest absolute Gasteiger partial charge is 0.240 e. The second kappa shape index (κ2) is 9.77. The van der Waals surface area contributed by atoms with Crippen LogP contribution in [0.3, 0.4) is 0 Å². The highest BCUT2D eigenvalue weighted by molar-refractivity contribution is 5.99. The van der Waals surface area contributed by atoms with Crippen molar-refractivity contribution >= 4 is 23.2 Å². The highest BCUT2D eigenvalue weighted by Gasteiger charge is 2.07. The standard InChI is InChI=1S/C18H20N6O2/c1-13(15-5-3-9-19-11-15)21-23-17(25)7-8-18(26)24-22-14(2)16-6-4-10-20-12-16/h3-6,9-12H,7-8H2,1-2H3,(H,23,25)(H,24,26). The molecular formula is C18H20N6O2. The van der Waals surface area contributed by atoms with Crippen LogP contribution in [0.2, 0.25) is 0 Å². The summed E-state index contributed by atoms with van der Waals surface area (Å²) in [6.07, 6.45) is 6.65. The first-order valence-electron chi connectivity index (χ1n) is 8.03. The Morgan fingerprint density at radius 3 is 1.62 bits per heavy atom. The Hall–Kier alpha value is -3.42. The van der Waals surface area contributed by atoms with Crippen molar-refractivity contribution in [2.45, 2.75) is 26.7 Å². The summed E-state index contributed by atoms with van der Waals surface area (Å²) in [5.74, 6) is -0.701. The van der Waals surface area contributed by atoms with E-state index in [9.17, 15) is 9.59 Å². The predicted octanol–water partition coefficient (Wildman–Crippen LogP) is 1.64. The van der Waals surface area contributed by atoms with Gasteiger partial charge >= 0.3 is 0 Å². The van der Waals surface area contributed by atoms with Gasteiger partial charge in [0, 0.05) is 48.8 Å². The van der Waals surface area contributed by atoms with Crippen LogP contribution in [0.25, 0.3) is 0 Å².